The van der Waals surface area contributed by atoms with E-state index in [0.29, 0.717) is 16.8 Å². The van der Waals surface area contributed by atoms with Crippen LogP contribution in [0.1, 0.15) is 11.1 Å². The highest BCUT2D eigenvalue weighted by Crippen LogP contribution is 2.30. The highest BCUT2D eigenvalue weighted by Gasteiger charge is 2.20. The van der Waals surface area contributed by atoms with Gasteiger partial charge in [0.2, 0.25) is 0 Å². The van der Waals surface area contributed by atoms with Crippen molar-refractivity contribution >= 4 is 21.7 Å². The van der Waals surface area contributed by atoms with E-state index in [-0.39, 0.29) is 12.1 Å². The molecule has 1 heterocycles. The Morgan fingerprint density at radius 3 is 2.26 bits per heavy atom. The molecule has 0 aliphatic carbocycles. The number of rotatable bonds is 7. The van der Waals surface area contributed by atoms with Crippen LogP contribution in [0.15, 0.2) is 73.3 Å². The fourth-order valence-electron chi connectivity index (χ4n) is 3.38. The van der Waals surface area contributed by atoms with Crippen molar-refractivity contribution in [3.63, 3.8) is 0 Å². The predicted octanol–water partition coefficient (Wildman–Crippen LogP) is 3.78. The van der Waals surface area contributed by atoms with Gasteiger partial charge in [-0.15, -0.1) is 10.2 Å². The summed E-state index contributed by atoms with van der Waals surface area (Å²) >= 11 is 0. The highest BCUT2D eigenvalue weighted by molar-refractivity contribution is 7.87. The van der Waals surface area contributed by atoms with Crippen molar-refractivity contribution in [2.24, 2.45) is 0 Å². The molecular formula is C22H16F2N6O3S. The monoisotopic (exact) mass is 482 g/mol. The molecule has 172 valence electrons. The fourth-order valence-corrected chi connectivity index (χ4v) is 3.80. The van der Waals surface area contributed by atoms with E-state index in [4.69, 9.17) is 4.55 Å². The van der Waals surface area contributed by atoms with Gasteiger partial charge >= 0.3 is 10.3 Å². The van der Waals surface area contributed by atoms with Gasteiger partial charge in [-0.05, 0) is 35.9 Å². The lowest BCUT2D eigenvalue weighted by molar-refractivity contribution is 0.489. The van der Waals surface area contributed by atoms with Gasteiger partial charge in [0.05, 0.1) is 29.6 Å². The van der Waals surface area contributed by atoms with E-state index >= 15 is 0 Å². The van der Waals surface area contributed by atoms with Crippen molar-refractivity contribution in [1.82, 2.24) is 14.9 Å². The Balaban J connectivity index is 1.78. The average Bonchev–Trinajstić information content (AvgIpc) is 3.32. The zero-order valence-electron chi connectivity index (χ0n) is 17.3. The molecule has 34 heavy (non-hydrogen) atoms. The van der Waals surface area contributed by atoms with E-state index in [2.05, 4.69) is 16.3 Å². The van der Waals surface area contributed by atoms with Gasteiger partial charge in [-0.2, -0.15) is 13.7 Å². The maximum Gasteiger partial charge on any atom is 0.357 e. The van der Waals surface area contributed by atoms with Gasteiger partial charge in [-0.25, -0.2) is 13.5 Å². The van der Waals surface area contributed by atoms with Gasteiger partial charge in [0.1, 0.15) is 24.3 Å². The normalized spacial score (nSPS) is 11.1. The van der Waals surface area contributed by atoms with Crippen LogP contribution in [0.4, 0.5) is 20.2 Å². The van der Waals surface area contributed by atoms with Gasteiger partial charge in [-0.1, -0.05) is 30.3 Å². The minimum atomic E-state index is -4.70. The molecular weight excluding hydrogens is 466 g/mol. The lowest BCUT2D eigenvalue weighted by Gasteiger charge is -2.26. The lowest BCUT2D eigenvalue weighted by atomic mass is 9.99. The largest absolute Gasteiger partial charge is 0.357 e. The molecule has 0 aliphatic rings. The lowest BCUT2D eigenvalue weighted by Crippen LogP contribution is -2.29. The Hall–Kier alpha value is -4.34. The highest BCUT2D eigenvalue weighted by atomic mass is 32.2. The maximum atomic E-state index is 14.8. The molecule has 0 aliphatic heterocycles. The fraction of sp³-hybridized carbons (Fsp3) is 0.0455. The third kappa shape index (κ3) is 5.01. The predicted molar refractivity (Wildman–Crippen MR) is 120 cm³/mol. The Morgan fingerprint density at radius 1 is 1.03 bits per heavy atom. The quantitative estimate of drug-likeness (QED) is 0.384. The van der Waals surface area contributed by atoms with Crippen LogP contribution in [0.3, 0.4) is 0 Å². The van der Waals surface area contributed by atoms with Gasteiger partial charge in [-0.3, -0.25) is 14.3 Å². The number of nitrogens with zero attached hydrogens (tertiary/aromatic N) is 5. The number of hydrogen-bond acceptors (Lipinski definition) is 6. The summed E-state index contributed by atoms with van der Waals surface area (Å²) in [4.78, 5) is 0. The van der Waals surface area contributed by atoms with E-state index in [0.717, 1.165) is 17.7 Å². The zero-order chi connectivity index (χ0) is 24.3. The van der Waals surface area contributed by atoms with Crippen molar-refractivity contribution in [1.29, 1.82) is 5.26 Å². The van der Waals surface area contributed by atoms with Crippen LogP contribution < -0.4 is 9.73 Å². The van der Waals surface area contributed by atoms with Crippen molar-refractivity contribution < 1.29 is 21.8 Å². The van der Waals surface area contributed by atoms with E-state index in [1.807, 2.05) is 30.3 Å². The second-order valence-corrected chi connectivity index (χ2v) is 8.26. The Kier molecular flexibility index (Phi) is 6.22. The molecule has 0 saturated heterocycles. The standard InChI is InChI=1S/C22H16F2N6O3S/c23-21-8-17(28-34(31,32)33)9-22(24)20(21)12-30(29-13-26-27-14-29)18-7-6-16(11-25)19(10-18)15-4-2-1-3-5-15/h1-10,13-14,28H,12H2,(H,31,32,33). The molecule has 12 heteroatoms. The van der Waals surface area contributed by atoms with E-state index in [9.17, 15) is 22.5 Å². The minimum absolute atomic E-state index is 0.331. The molecule has 0 unspecified atom stereocenters. The van der Waals surface area contributed by atoms with Crippen LogP contribution in [0.25, 0.3) is 11.1 Å². The topological polar surface area (TPSA) is 124 Å². The molecule has 0 fully saturated rings. The van der Waals surface area contributed by atoms with Crippen LogP contribution in [0.2, 0.25) is 0 Å². The molecule has 4 aromatic rings. The van der Waals surface area contributed by atoms with Crippen molar-refractivity contribution in [3.8, 4) is 17.2 Å². The first-order valence-corrected chi connectivity index (χ1v) is 11.1. The molecule has 0 atom stereocenters. The van der Waals surface area contributed by atoms with Crippen LogP contribution in [0.5, 0.6) is 0 Å². The number of benzene rings is 3. The summed E-state index contributed by atoms with van der Waals surface area (Å²) in [5.41, 5.74) is 1.45. The summed E-state index contributed by atoms with van der Waals surface area (Å²) in [7, 11) is -4.70. The summed E-state index contributed by atoms with van der Waals surface area (Å²) in [6.07, 6.45) is 2.68. The number of halogens is 2. The second kappa shape index (κ2) is 9.26. The van der Waals surface area contributed by atoms with E-state index in [1.165, 1.54) is 22.3 Å². The molecule has 9 nitrogen and oxygen atoms in total. The first-order valence-electron chi connectivity index (χ1n) is 9.70. The third-order valence-corrected chi connectivity index (χ3v) is 5.38. The van der Waals surface area contributed by atoms with Gasteiger partial charge in [0.15, 0.2) is 0 Å². The zero-order valence-corrected chi connectivity index (χ0v) is 18.1. The number of aromatic nitrogens is 3. The summed E-state index contributed by atoms with van der Waals surface area (Å²) in [5.74, 6) is -2.08. The Bertz CT molecular complexity index is 1450. The maximum absolute atomic E-state index is 14.8. The van der Waals surface area contributed by atoms with Gasteiger partial charge in [0.25, 0.3) is 0 Å². The van der Waals surface area contributed by atoms with Crippen molar-refractivity contribution in [2.75, 3.05) is 9.73 Å². The summed E-state index contributed by atoms with van der Waals surface area (Å²) < 4.78 is 63.5. The van der Waals surface area contributed by atoms with Crippen molar-refractivity contribution in [2.45, 2.75) is 6.54 Å². The first-order chi connectivity index (χ1) is 16.2. The van der Waals surface area contributed by atoms with Gasteiger partial charge in [0, 0.05) is 11.1 Å². The summed E-state index contributed by atoms with van der Waals surface area (Å²) in [6.45, 7) is -0.331. The third-order valence-electron chi connectivity index (χ3n) is 4.89. The van der Waals surface area contributed by atoms with Crippen LogP contribution >= 0.6 is 0 Å². The van der Waals surface area contributed by atoms with Crippen LogP contribution in [0, 0.1) is 23.0 Å². The smallest absolute Gasteiger partial charge is 0.274 e. The Morgan fingerprint density at radius 2 is 1.68 bits per heavy atom. The number of nitrogens with one attached hydrogen (secondary N) is 1. The molecule has 0 bridgehead atoms. The van der Waals surface area contributed by atoms with E-state index < -0.39 is 27.6 Å². The molecule has 0 saturated carbocycles. The number of anilines is 2. The number of hydrogen-bond donors (Lipinski definition) is 2. The van der Waals surface area contributed by atoms with Crippen LogP contribution in [-0.2, 0) is 16.8 Å². The summed E-state index contributed by atoms with van der Waals surface area (Å²) in [6, 6.07) is 17.7. The molecule has 0 amide bonds. The molecule has 0 radical (unpaired) electrons. The Labute approximate surface area is 193 Å². The molecule has 1 aromatic heterocycles. The van der Waals surface area contributed by atoms with Crippen molar-refractivity contribution in [3.05, 3.63) is 96.1 Å². The molecule has 4 rings (SSSR count). The van der Waals surface area contributed by atoms with E-state index in [1.54, 1.807) is 22.9 Å². The molecule has 3 aromatic carbocycles. The first kappa shape index (κ1) is 22.8. The number of nitriles is 1. The SMILES string of the molecule is N#Cc1ccc(N(Cc2c(F)cc(NS(=O)(=O)O)cc2F)n2cnnc2)cc1-c1ccccc1. The van der Waals surface area contributed by atoms with Gasteiger partial charge < -0.3 is 0 Å². The summed E-state index contributed by atoms with van der Waals surface area (Å²) in [5, 5.41) is 18.5. The molecule has 2 N–H and O–H groups in total. The average molecular weight is 482 g/mol. The second-order valence-electron chi connectivity index (χ2n) is 7.10. The molecule has 0 spiro atoms. The minimum Gasteiger partial charge on any atom is -0.274 e. The van der Waals surface area contributed by atoms with Crippen LogP contribution in [-0.4, -0.2) is 27.8 Å².